The third kappa shape index (κ3) is 4.69. The minimum Gasteiger partial charge on any atom is -0.489 e. The first-order chi connectivity index (χ1) is 15.4. The molecule has 160 valence electrons. The van der Waals surface area contributed by atoms with Gasteiger partial charge in [0.15, 0.2) is 5.11 Å². The molecule has 1 N–H and O–H groups in total. The van der Waals surface area contributed by atoms with Crippen LogP contribution in [0.3, 0.4) is 0 Å². The molecule has 0 bridgehead atoms. The van der Waals surface area contributed by atoms with Crippen LogP contribution >= 0.6 is 23.8 Å². The summed E-state index contributed by atoms with van der Waals surface area (Å²) in [4.78, 5) is 26.7. The summed E-state index contributed by atoms with van der Waals surface area (Å²) < 4.78 is 19.3. The van der Waals surface area contributed by atoms with Crippen molar-refractivity contribution in [2.45, 2.75) is 6.61 Å². The highest BCUT2D eigenvalue weighted by molar-refractivity contribution is 7.80. The van der Waals surface area contributed by atoms with Gasteiger partial charge >= 0.3 is 0 Å². The van der Waals surface area contributed by atoms with Crippen molar-refractivity contribution in [2.24, 2.45) is 0 Å². The number of carbonyl (C=O) groups excluding carboxylic acids is 2. The predicted molar refractivity (Wildman–Crippen MR) is 125 cm³/mol. The number of benzene rings is 3. The van der Waals surface area contributed by atoms with Crippen LogP contribution in [0, 0.1) is 5.82 Å². The molecule has 0 radical (unpaired) electrons. The summed E-state index contributed by atoms with van der Waals surface area (Å²) in [5, 5.41) is 3.05. The third-order valence-electron chi connectivity index (χ3n) is 4.73. The summed E-state index contributed by atoms with van der Waals surface area (Å²) in [5.74, 6) is -0.927. The summed E-state index contributed by atoms with van der Waals surface area (Å²) >= 11 is 11.1. The van der Waals surface area contributed by atoms with Crippen LogP contribution in [0.2, 0.25) is 5.02 Å². The molecule has 1 saturated heterocycles. The molecule has 8 heteroatoms. The number of nitrogens with one attached hydrogen (secondary N) is 1. The Morgan fingerprint density at radius 1 is 1.00 bits per heavy atom. The number of rotatable bonds is 5. The minimum atomic E-state index is -0.579. The molecule has 2 amide bonds. The van der Waals surface area contributed by atoms with Crippen LogP contribution < -0.4 is 15.0 Å². The van der Waals surface area contributed by atoms with E-state index < -0.39 is 11.8 Å². The van der Waals surface area contributed by atoms with Gasteiger partial charge in [-0.05, 0) is 66.3 Å². The Kier molecular flexibility index (Phi) is 6.30. The van der Waals surface area contributed by atoms with Gasteiger partial charge in [0.1, 0.15) is 23.7 Å². The molecule has 1 aliphatic rings. The zero-order chi connectivity index (χ0) is 22.7. The Bertz CT molecular complexity index is 1230. The summed E-state index contributed by atoms with van der Waals surface area (Å²) in [6.07, 6.45) is 1.48. The summed E-state index contributed by atoms with van der Waals surface area (Å²) in [6, 6.07) is 19.7. The number of carbonyl (C=O) groups is 2. The molecule has 0 atom stereocenters. The Morgan fingerprint density at radius 3 is 2.38 bits per heavy atom. The van der Waals surface area contributed by atoms with E-state index in [4.69, 9.17) is 28.6 Å². The fourth-order valence-corrected chi connectivity index (χ4v) is 3.49. The van der Waals surface area contributed by atoms with E-state index >= 15 is 0 Å². The molecule has 3 aromatic carbocycles. The van der Waals surface area contributed by atoms with Gasteiger partial charge < -0.3 is 4.74 Å². The van der Waals surface area contributed by atoms with Gasteiger partial charge in [-0.1, -0.05) is 41.9 Å². The monoisotopic (exact) mass is 466 g/mol. The fraction of sp³-hybridized carbons (Fsp3) is 0.0417. The molecule has 5 nitrogen and oxygen atoms in total. The van der Waals surface area contributed by atoms with Crippen LogP contribution in [0.1, 0.15) is 11.1 Å². The zero-order valence-electron chi connectivity index (χ0n) is 16.5. The number of nitrogens with zero attached hydrogens (tertiary/aromatic N) is 1. The highest BCUT2D eigenvalue weighted by atomic mass is 35.5. The third-order valence-corrected chi connectivity index (χ3v) is 5.27. The van der Waals surface area contributed by atoms with Crippen LogP contribution in [-0.4, -0.2) is 16.9 Å². The predicted octanol–water partition coefficient (Wildman–Crippen LogP) is 4.89. The molecule has 0 saturated carbocycles. The van der Waals surface area contributed by atoms with Crippen molar-refractivity contribution < 1.29 is 18.7 Å². The molecule has 4 rings (SSSR count). The van der Waals surface area contributed by atoms with Gasteiger partial charge in [-0.3, -0.25) is 19.8 Å². The summed E-state index contributed by atoms with van der Waals surface area (Å²) in [7, 11) is 0. The Morgan fingerprint density at radius 2 is 1.69 bits per heavy atom. The smallest absolute Gasteiger partial charge is 0.270 e. The lowest BCUT2D eigenvalue weighted by Gasteiger charge is -2.28. The zero-order valence-corrected chi connectivity index (χ0v) is 18.1. The number of ether oxygens (including phenoxy) is 1. The van der Waals surface area contributed by atoms with E-state index in [9.17, 15) is 14.0 Å². The van der Waals surface area contributed by atoms with Gasteiger partial charge in [-0.25, -0.2) is 4.39 Å². The van der Waals surface area contributed by atoms with Crippen molar-refractivity contribution in [1.29, 1.82) is 0 Å². The average molecular weight is 467 g/mol. The highest BCUT2D eigenvalue weighted by Crippen LogP contribution is 2.24. The SMILES string of the molecule is O=C1NC(=S)N(c2ccc(Cl)cc2)C(=O)/C1=C/c1ccc(OCc2ccccc2F)cc1. The maximum atomic E-state index is 13.7. The van der Waals surface area contributed by atoms with Crippen LogP contribution in [0.15, 0.2) is 78.4 Å². The fourth-order valence-electron chi connectivity index (χ4n) is 3.09. The molecule has 1 fully saturated rings. The number of halogens is 2. The first kappa shape index (κ1) is 21.7. The van der Waals surface area contributed by atoms with Crippen molar-refractivity contribution >= 4 is 52.5 Å². The lowest BCUT2D eigenvalue weighted by Crippen LogP contribution is -2.54. The van der Waals surface area contributed by atoms with Crippen molar-refractivity contribution in [1.82, 2.24) is 5.32 Å². The maximum Gasteiger partial charge on any atom is 0.270 e. The van der Waals surface area contributed by atoms with E-state index in [2.05, 4.69) is 5.32 Å². The number of thiocarbonyl (C=S) groups is 1. The Hall–Kier alpha value is -3.55. The van der Waals surface area contributed by atoms with Gasteiger partial charge in [0.2, 0.25) is 0 Å². The van der Waals surface area contributed by atoms with Crippen LogP contribution in [0.25, 0.3) is 6.08 Å². The molecule has 0 aliphatic carbocycles. The highest BCUT2D eigenvalue weighted by Gasteiger charge is 2.34. The summed E-state index contributed by atoms with van der Waals surface area (Å²) in [6.45, 7) is 0.0848. The van der Waals surface area contributed by atoms with Crippen LogP contribution in [0.4, 0.5) is 10.1 Å². The first-order valence-electron chi connectivity index (χ1n) is 9.55. The second kappa shape index (κ2) is 9.30. The van der Waals surface area contributed by atoms with Crippen molar-refractivity contribution in [3.63, 3.8) is 0 Å². The topological polar surface area (TPSA) is 58.6 Å². The van der Waals surface area contributed by atoms with Crippen molar-refractivity contribution in [2.75, 3.05) is 4.90 Å². The molecular weight excluding hydrogens is 451 g/mol. The molecular formula is C24H16ClFN2O3S. The normalized spacial score (nSPS) is 15.1. The van der Waals surface area contributed by atoms with Gasteiger partial charge in [-0.2, -0.15) is 0 Å². The standard InChI is InChI=1S/C24H16ClFN2O3S/c25-17-7-9-18(10-8-17)28-23(30)20(22(29)27-24(28)32)13-15-5-11-19(12-6-15)31-14-16-3-1-2-4-21(16)26/h1-13H,14H2,(H,27,29,32)/b20-13+. The number of hydrogen-bond donors (Lipinski definition) is 1. The second-order valence-corrected chi connectivity index (χ2v) is 7.71. The van der Waals surface area contributed by atoms with Crippen LogP contribution in [-0.2, 0) is 16.2 Å². The lowest BCUT2D eigenvalue weighted by atomic mass is 10.1. The van der Waals surface area contributed by atoms with E-state index in [1.165, 1.54) is 17.0 Å². The molecule has 32 heavy (non-hydrogen) atoms. The van der Waals surface area contributed by atoms with Gasteiger partial charge in [0, 0.05) is 10.6 Å². The average Bonchev–Trinajstić information content (AvgIpc) is 2.78. The summed E-state index contributed by atoms with van der Waals surface area (Å²) in [5.41, 5.74) is 1.49. The molecule has 0 unspecified atom stereocenters. The van der Waals surface area contributed by atoms with E-state index in [0.29, 0.717) is 27.6 Å². The quantitative estimate of drug-likeness (QED) is 0.330. The molecule has 0 aromatic heterocycles. The Labute approximate surface area is 194 Å². The van der Waals surface area contributed by atoms with E-state index in [-0.39, 0.29) is 23.1 Å². The van der Waals surface area contributed by atoms with E-state index in [0.717, 1.165) is 0 Å². The molecule has 0 spiro atoms. The lowest BCUT2D eigenvalue weighted by molar-refractivity contribution is -0.122. The van der Waals surface area contributed by atoms with Crippen molar-refractivity contribution in [3.05, 3.63) is 100 Å². The molecule has 1 aliphatic heterocycles. The molecule has 1 heterocycles. The van der Waals surface area contributed by atoms with Gasteiger partial charge in [0.25, 0.3) is 11.8 Å². The van der Waals surface area contributed by atoms with Crippen molar-refractivity contribution in [3.8, 4) is 5.75 Å². The largest absolute Gasteiger partial charge is 0.489 e. The maximum absolute atomic E-state index is 13.7. The van der Waals surface area contributed by atoms with E-state index in [1.807, 2.05) is 0 Å². The number of anilines is 1. The van der Waals surface area contributed by atoms with Crippen LogP contribution in [0.5, 0.6) is 5.75 Å². The number of hydrogen-bond acceptors (Lipinski definition) is 4. The van der Waals surface area contributed by atoms with Gasteiger partial charge in [0.05, 0.1) is 5.69 Å². The second-order valence-electron chi connectivity index (χ2n) is 6.88. The minimum absolute atomic E-state index is 0.00337. The van der Waals surface area contributed by atoms with E-state index in [1.54, 1.807) is 66.7 Å². The van der Waals surface area contributed by atoms with Gasteiger partial charge in [-0.15, -0.1) is 0 Å². The number of amides is 2. The Balaban J connectivity index is 1.52. The first-order valence-corrected chi connectivity index (χ1v) is 10.3. The molecule has 3 aromatic rings.